The maximum absolute atomic E-state index is 12.0. The molecule has 88 valence electrons. The lowest BCUT2D eigenvalue weighted by atomic mass is 10.1. The van der Waals surface area contributed by atoms with Gasteiger partial charge in [0.15, 0.2) is 5.11 Å². The second kappa shape index (κ2) is 4.50. The van der Waals surface area contributed by atoms with E-state index in [-0.39, 0.29) is 10.7 Å². The van der Waals surface area contributed by atoms with Crippen LogP contribution in [0.2, 0.25) is 0 Å². The molecule has 2 heterocycles. The van der Waals surface area contributed by atoms with Gasteiger partial charge in [-0.25, -0.2) is 0 Å². The number of carbonyl (C=O) groups excluding carboxylic acids is 2. The maximum atomic E-state index is 12.0. The van der Waals surface area contributed by atoms with Gasteiger partial charge in [0.1, 0.15) is 11.3 Å². The lowest BCUT2D eigenvalue weighted by Crippen LogP contribution is -2.53. The Hall–Kier alpha value is -1.95. The minimum absolute atomic E-state index is 0.0235. The highest BCUT2D eigenvalue weighted by atomic mass is 32.1. The van der Waals surface area contributed by atoms with Crippen LogP contribution in [0, 0.1) is 0 Å². The summed E-state index contributed by atoms with van der Waals surface area (Å²) in [6.07, 6.45) is 2.88. The molecule has 6 heteroatoms. The Morgan fingerprint density at radius 3 is 2.88 bits per heavy atom. The average Bonchev–Trinajstić information content (AvgIpc) is 2.77. The first-order valence-corrected chi connectivity index (χ1v) is 5.46. The molecule has 0 atom stereocenters. The van der Waals surface area contributed by atoms with Gasteiger partial charge in [-0.2, -0.15) is 0 Å². The number of likely N-dealkylation sites (N-methyl/N-ethyl adjacent to an activating group) is 1. The molecule has 17 heavy (non-hydrogen) atoms. The van der Waals surface area contributed by atoms with Crippen molar-refractivity contribution in [1.29, 1.82) is 0 Å². The summed E-state index contributed by atoms with van der Waals surface area (Å²) in [6, 6.07) is 3.34. The second-order valence-electron chi connectivity index (χ2n) is 3.38. The maximum Gasteiger partial charge on any atom is 0.265 e. The zero-order valence-electron chi connectivity index (χ0n) is 9.10. The van der Waals surface area contributed by atoms with Gasteiger partial charge < -0.3 is 4.42 Å². The summed E-state index contributed by atoms with van der Waals surface area (Å²) in [4.78, 5) is 24.9. The molecule has 1 aliphatic heterocycles. The normalized spacial score (nSPS) is 18.8. The lowest BCUT2D eigenvalue weighted by molar-refractivity contribution is -0.128. The molecule has 1 saturated heterocycles. The quantitative estimate of drug-likeness (QED) is 0.482. The summed E-state index contributed by atoms with van der Waals surface area (Å²) >= 11 is 4.90. The molecular weight excluding hydrogens is 240 g/mol. The molecule has 0 saturated carbocycles. The Balaban J connectivity index is 2.36. The summed E-state index contributed by atoms with van der Waals surface area (Å²) < 4.78 is 5.07. The number of carbonyl (C=O) groups is 2. The van der Waals surface area contributed by atoms with E-state index >= 15 is 0 Å². The minimum Gasteiger partial charge on any atom is -0.465 e. The van der Waals surface area contributed by atoms with Crippen LogP contribution >= 0.6 is 12.2 Å². The minimum atomic E-state index is -0.499. The van der Waals surface area contributed by atoms with Gasteiger partial charge in [0, 0.05) is 6.54 Å². The first-order valence-electron chi connectivity index (χ1n) is 5.06. The molecule has 0 aromatic carbocycles. The standard InChI is InChI=1S/C11H10N2O3S/c1-2-13-10(15)8(9(14)12-11(13)17)6-7-4-3-5-16-7/h3-6H,2H2,1H3,(H,12,14,17)/b8-6+. The van der Waals surface area contributed by atoms with Crippen LogP contribution in [0.25, 0.3) is 6.08 Å². The average molecular weight is 250 g/mol. The van der Waals surface area contributed by atoms with Crippen LogP contribution < -0.4 is 5.32 Å². The highest BCUT2D eigenvalue weighted by molar-refractivity contribution is 7.80. The summed E-state index contributed by atoms with van der Waals surface area (Å²) in [7, 11) is 0. The van der Waals surface area contributed by atoms with Crippen LogP contribution in [-0.2, 0) is 9.59 Å². The number of hydrogen-bond acceptors (Lipinski definition) is 4. The summed E-state index contributed by atoms with van der Waals surface area (Å²) in [5.41, 5.74) is 0.0235. The highest BCUT2D eigenvalue weighted by Crippen LogP contribution is 2.14. The van der Waals surface area contributed by atoms with Crippen LogP contribution in [0.5, 0.6) is 0 Å². The number of nitrogens with one attached hydrogen (secondary N) is 1. The highest BCUT2D eigenvalue weighted by Gasteiger charge is 2.32. The molecule has 0 bridgehead atoms. The zero-order chi connectivity index (χ0) is 12.4. The van der Waals surface area contributed by atoms with E-state index in [0.29, 0.717) is 12.3 Å². The van der Waals surface area contributed by atoms with Crippen molar-refractivity contribution in [3.8, 4) is 0 Å². The molecule has 1 N–H and O–H groups in total. The van der Waals surface area contributed by atoms with E-state index in [0.717, 1.165) is 0 Å². The van der Waals surface area contributed by atoms with Crippen molar-refractivity contribution in [3.05, 3.63) is 29.7 Å². The van der Waals surface area contributed by atoms with Crippen molar-refractivity contribution in [2.75, 3.05) is 6.54 Å². The molecule has 0 aliphatic carbocycles. The van der Waals surface area contributed by atoms with Gasteiger partial charge in [0.25, 0.3) is 11.8 Å². The summed E-state index contributed by atoms with van der Waals surface area (Å²) in [5, 5.41) is 2.60. The third-order valence-electron chi connectivity index (χ3n) is 2.33. The van der Waals surface area contributed by atoms with Crippen molar-refractivity contribution in [2.24, 2.45) is 0 Å². The molecule has 0 spiro atoms. The fourth-order valence-electron chi connectivity index (χ4n) is 1.50. The molecule has 0 radical (unpaired) electrons. The van der Waals surface area contributed by atoms with Crippen molar-refractivity contribution < 1.29 is 14.0 Å². The largest absolute Gasteiger partial charge is 0.465 e. The second-order valence-corrected chi connectivity index (χ2v) is 3.77. The Labute approximate surface area is 103 Å². The Morgan fingerprint density at radius 2 is 2.29 bits per heavy atom. The van der Waals surface area contributed by atoms with Crippen LogP contribution in [0.15, 0.2) is 28.4 Å². The van der Waals surface area contributed by atoms with E-state index in [1.807, 2.05) is 0 Å². The Kier molecular flexibility index (Phi) is 3.06. The Bertz CT molecular complexity index is 505. The van der Waals surface area contributed by atoms with Crippen LogP contribution in [0.3, 0.4) is 0 Å². The van der Waals surface area contributed by atoms with Crippen molar-refractivity contribution in [1.82, 2.24) is 10.2 Å². The topological polar surface area (TPSA) is 62.6 Å². The molecule has 1 aromatic rings. The van der Waals surface area contributed by atoms with Gasteiger partial charge in [-0.1, -0.05) is 0 Å². The first-order chi connectivity index (χ1) is 8.13. The van der Waals surface area contributed by atoms with E-state index in [1.165, 1.54) is 17.2 Å². The number of hydrogen-bond donors (Lipinski definition) is 1. The molecule has 0 unspecified atom stereocenters. The third kappa shape index (κ3) is 2.12. The monoisotopic (exact) mass is 250 g/mol. The van der Waals surface area contributed by atoms with E-state index in [4.69, 9.17) is 16.6 Å². The zero-order valence-corrected chi connectivity index (χ0v) is 9.91. The van der Waals surface area contributed by atoms with Crippen LogP contribution in [0.1, 0.15) is 12.7 Å². The molecule has 1 fully saturated rings. The summed E-state index contributed by atoms with van der Waals surface area (Å²) in [5.74, 6) is -0.453. The molecule has 1 aromatic heterocycles. The molecule has 2 rings (SSSR count). The fraction of sp³-hybridized carbons (Fsp3) is 0.182. The van der Waals surface area contributed by atoms with E-state index < -0.39 is 11.8 Å². The van der Waals surface area contributed by atoms with Crippen LogP contribution in [-0.4, -0.2) is 28.4 Å². The van der Waals surface area contributed by atoms with Crippen LogP contribution in [0.4, 0.5) is 0 Å². The first kappa shape index (κ1) is 11.5. The van der Waals surface area contributed by atoms with E-state index in [2.05, 4.69) is 5.32 Å². The SMILES string of the molecule is CCN1C(=O)/C(=C/c2ccco2)C(=O)NC1=S. The lowest BCUT2D eigenvalue weighted by Gasteiger charge is -2.27. The number of furan rings is 1. The van der Waals surface area contributed by atoms with Gasteiger partial charge in [-0.15, -0.1) is 0 Å². The number of nitrogens with zero attached hydrogens (tertiary/aromatic N) is 1. The molecular formula is C11H10N2O3S. The van der Waals surface area contributed by atoms with E-state index in [1.54, 1.807) is 19.1 Å². The number of thiocarbonyl (C=S) groups is 1. The number of rotatable bonds is 2. The van der Waals surface area contributed by atoms with Gasteiger partial charge >= 0.3 is 0 Å². The van der Waals surface area contributed by atoms with Crippen molar-refractivity contribution >= 4 is 35.2 Å². The van der Waals surface area contributed by atoms with Gasteiger partial charge in [-0.05, 0) is 37.4 Å². The predicted octanol–water partition coefficient (Wildman–Crippen LogP) is 0.926. The van der Waals surface area contributed by atoms with Gasteiger partial charge in [-0.3, -0.25) is 19.8 Å². The van der Waals surface area contributed by atoms with Crippen molar-refractivity contribution in [2.45, 2.75) is 6.92 Å². The third-order valence-corrected chi connectivity index (χ3v) is 2.65. The summed E-state index contributed by atoms with van der Waals surface area (Å²) in [6.45, 7) is 2.19. The van der Waals surface area contributed by atoms with Gasteiger partial charge in [0.05, 0.1) is 6.26 Å². The smallest absolute Gasteiger partial charge is 0.265 e. The van der Waals surface area contributed by atoms with Gasteiger partial charge in [0.2, 0.25) is 0 Å². The van der Waals surface area contributed by atoms with E-state index in [9.17, 15) is 9.59 Å². The fourth-order valence-corrected chi connectivity index (χ4v) is 1.80. The molecule has 1 aliphatic rings. The Morgan fingerprint density at radius 1 is 1.53 bits per heavy atom. The molecule has 5 nitrogen and oxygen atoms in total. The predicted molar refractivity (Wildman–Crippen MR) is 64.8 cm³/mol. The number of amides is 2. The van der Waals surface area contributed by atoms with Crippen molar-refractivity contribution in [3.63, 3.8) is 0 Å². The molecule has 2 amide bonds.